The van der Waals surface area contributed by atoms with Crippen molar-refractivity contribution in [2.45, 2.75) is 25.8 Å². The third-order valence-electron chi connectivity index (χ3n) is 3.85. The maximum atomic E-state index is 11.5. The van der Waals surface area contributed by atoms with E-state index in [0.29, 0.717) is 36.0 Å². The molecule has 0 saturated carbocycles. The molecule has 8 heteroatoms. The predicted octanol–water partition coefficient (Wildman–Crippen LogP) is 1.98. The molecule has 1 fully saturated rings. The minimum absolute atomic E-state index is 0.0909. The van der Waals surface area contributed by atoms with Crippen molar-refractivity contribution in [3.05, 3.63) is 58.9 Å². The zero-order chi connectivity index (χ0) is 19.3. The number of hydrogen-bond acceptors (Lipinski definition) is 7. The Hall–Kier alpha value is -2.67. The fourth-order valence-corrected chi connectivity index (χ4v) is 2.81. The molecule has 7 nitrogen and oxygen atoms in total. The quantitative estimate of drug-likeness (QED) is 0.528. The Labute approximate surface area is 158 Å². The van der Waals surface area contributed by atoms with Gasteiger partial charge in [-0.25, -0.2) is 5.01 Å². The summed E-state index contributed by atoms with van der Waals surface area (Å²) in [6.45, 7) is 11.1. The monoisotopic (exact) mass is 377 g/mol. The zero-order valence-corrected chi connectivity index (χ0v) is 15.5. The summed E-state index contributed by atoms with van der Waals surface area (Å²) in [7, 11) is 0. The fourth-order valence-electron chi connectivity index (χ4n) is 2.56. The number of hydrogen-bond donors (Lipinski definition) is 4. The molecule has 1 aliphatic heterocycles. The molecule has 0 spiro atoms. The van der Waals surface area contributed by atoms with Crippen molar-refractivity contribution in [1.82, 2.24) is 15.6 Å². The van der Waals surface area contributed by atoms with Gasteiger partial charge in [-0.1, -0.05) is 24.8 Å². The highest BCUT2D eigenvalue weighted by Crippen LogP contribution is 2.27. The van der Waals surface area contributed by atoms with Crippen LogP contribution < -0.4 is 16.4 Å². The van der Waals surface area contributed by atoms with Crippen LogP contribution in [0.5, 0.6) is 0 Å². The summed E-state index contributed by atoms with van der Waals surface area (Å²) in [5, 5.41) is 22.3. The Morgan fingerprint density at radius 2 is 2.35 bits per heavy atom. The number of rotatable bonds is 6. The first-order chi connectivity index (χ1) is 12.3. The Morgan fingerprint density at radius 1 is 1.62 bits per heavy atom. The molecule has 0 unspecified atom stereocenters. The first-order valence-corrected chi connectivity index (χ1v) is 8.60. The lowest BCUT2D eigenvalue weighted by Crippen LogP contribution is -2.20. The van der Waals surface area contributed by atoms with E-state index >= 15 is 0 Å². The first kappa shape index (κ1) is 19.7. The van der Waals surface area contributed by atoms with Crippen LogP contribution in [0.4, 0.5) is 0 Å². The minimum Gasteiger partial charge on any atom is -0.510 e. The topological polar surface area (TPSA) is 103 Å². The second-order valence-corrected chi connectivity index (χ2v) is 6.59. The Morgan fingerprint density at radius 3 is 3.00 bits per heavy atom. The number of nitrogens with two attached hydrogens (primary N) is 1. The molecule has 1 atom stereocenters. The average molecular weight is 378 g/mol. The van der Waals surface area contributed by atoms with E-state index in [1.165, 1.54) is 12.2 Å². The smallest absolute Gasteiger partial charge is 0.163 e. The van der Waals surface area contributed by atoms with E-state index < -0.39 is 0 Å². The number of carbonyl (C=O) groups is 1. The molecule has 140 valence electrons. The van der Waals surface area contributed by atoms with Gasteiger partial charge in [0.15, 0.2) is 5.78 Å². The van der Waals surface area contributed by atoms with Crippen molar-refractivity contribution in [2.24, 2.45) is 10.8 Å². The number of hydrazone groups is 1. The molecule has 0 aromatic rings. The van der Waals surface area contributed by atoms with Crippen molar-refractivity contribution < 1.29 is 9.90 Å². The molecule has 5 N–H and O–H groups in total. The maximum absolute atomic E-state index is 11.5. The van der Waals surface area contributed by atoms with Gasteiger partial charge >= 0.3 is 0 Å². The number of halogens is 1. The summed E-state index contributed by atoms with van der Waals surface area (Å²) in [5.41, 5.74) is 7.59. The summed E-state index contributed by atoms with van der Waals surface area (Å²) >= 11 is 6.10. The van der Waals surface area contributed by atoms with Crippen molar-refractivity contribution in [3.63, 3.8) is 0 Å². The van der Waals surface area contributed by atoms with E-state index in [1.54, 1.807) is 11.2 Å². The Bertz CT molecular complexity index is 736. The predicted molar refractivity (Wildman–Crippen MR) is 104 cm³/mol. The fraction of sp³-hybridized carbons (Fsp3) is 0.333. The van der Waals surface area contributed by atoms with E-state index in [2.05, 4.69) is 35.8 Å². The normalized spacial score (nSPS) is 22.7. The molecule has 1 saturated heterocycles. The van der Waals surface area contributed by atoms with Gasteiger partial charge in [0.25, 0.3) is 0 Å². The molecule has 0 amide bonds. The van der Waals surface area contributed by atoms with Gasteiger partial charge in [0.1, 0.15) is 11.6 Å². The van der Waals surface area contributed by atoms with E-state index in [-0.39, 0.29) is 23.0 Å². The molecule has 0 aromatic carbocycles. The highest BCUT2D eigenvalue weighted by atomic mass is 35.5. The van der Waals surface area contributed by atoms with Crippen LogP contribution in [-0.4, -0.2) is 41.2 Å². The Balaban J connectivity index is 1.90. The standard InChI is InChI=1S/C18H24ClN5O2/c1-11(21-6-7-22-24-10-12(2)23-13(24)3)8-16(20)15-5-4-14(25)9-17(26)18(15)19/h4-5,7,12,21,23,26H,1,3,6,8-10,20H2,2H3/b16-15?,22-7+/t12-/m0/s1. The highest BCUT2D eigenvalue weighted by molar-refractivity contribution is 6.33. The minimum atomic E-state index is -0.232. The van der Waals surface area contributed by atoms with E-state index in [4.69, 9.17) is 17.3 Å². The SMILES string of the molecule is C=C(CC(N)=C1C=CC(=O)CC(O)=C1Cl)NC/C=N/N1C[C@H](C)NC1=C. The number of allylic oxidation sites excluding steroid dienone is 5. The van der Waals surface area contributed by atoms with E-state index in [9.17, 15) is 9.90 Å². The number of ketones is 1. The van der Waals surface area contributed by atoms with Crippen LogP contribution in [-0.2, 0) is 4.79 Å². The summed E-state index contributed by atoms with van der Waals surface area (Å²) in [6.07, 6.45) is 4.79. The molecule has 1 heterocycles. The van der Waals surface area contributed by atoms with Crippen molar-refractivity contribution in [1.29, 1.82) is 0 Å². The molecule has 26 heavy (non-hydrogen) atoms. The van der Waals surface area contributed by atoms with Gasteiger partial charge in [0.2, 0.25) is 0 Å². The molecule has 2 rings (SSSR count). The number of aliphatic hydroxyl groups is 1. The number of aliphatic hydroxyl groups excluding tert-OH is 1. The zero-order valence-electron chi connectivity index (χ0n) is 14.8. The summed E-state index contributed by atoms with van der Waals surface area (Å²) in [5.74, 6) is 0.361. The first-order valence-electron chi connectivity index (χ1n) is 8.22. The summed E-state index contributed by atoms with van der Waals surface area (Å²) in [4.78, 5) is 11.5. The van der Waals surface area contributed by atoms with Gasteiger partial charge < -0.3 is 21.5 Å². The van der Waals surface area contributed by atoms with Crippen LogP contribution in [0, 0.1) is 0 Å². The third kappa shape index (κ3) is 5.16. The molecule has 0 aromatic heterocycles. The summed E-state index contributed by atoms with van der Waals surface area (Å²) < 4.78 is 0. The summed E-state index contributed by atoms with van der Waals surface area (Å²) in [6, 6.07) is 0.322. The van der Waals surface area contributed by atoms with Crippen LogP contribution in [0.1, 0.15) is 19.8 Å². The van der Waals surface area contributed by atoms with Crippen molar-refractivity contribution >= 4 is 23.6 Å². The van der Waals surface area contributed by atoms with Gasteiger partial charge in [0, 0.05) is 35.6 Å². The number of carbonyl (C=O) groups excluding carboxylic acids is 1. The van der Waals surface area contributed by atoms with Crippen LogP contribution in [0.15, 0.2) is 64.0 Å². The number of nitrogens with one attached hydrogen (secondary N) is 2. The van der Waals surface area contributed by atoms with Gasteiger partial charge in [-0.05, 0) is 19.1 Å². The lowest BCUT2D eigenvalue weighted by molar-refractivity contribution is -0.114. The van der Waals surface area contributed by atoms with Crippen LogP contribution in [0.3, 0.4) is 0 Å². The van der Waals surface area contributed by atoms with Gasteiger partial charge in [-0.3, -0.25) is 4.79 Å². The molecule has 1 aliphatic carbocycles. The molecule has 0 bridgehead atoms. The van der Waals surface area contributed by atoms with Gasteiger partial charge in [-0.15, -0.1) is 0 Å². The van der Waals surface area contributed by atoms with E-state index in [1.807, 2.05) is 0 Å². The van der Waals surface area contributed by atoms with Crippen molar-refractivity contribution in [2.75, 3.05) is 13.1 Å². The Kier molecular flexibility index (Phi) is 6.52. The highest BCUT2D eigenvalue weighted by Gasteiger charge is 2.19. The second-order valence-electron chi connectivity index (χ2n) is 6.21. The molecule has 2 aliphatic rings. The number of nitrogens with zero attached hydrogens (tertiary/aromatic N) is 2. The van der Waals surface area contributed by atoms with Gasteiger partial charge in [0.05, 0.1) is 24.5 Å². The maximum Gasteiger partial charge on any atom is 0.163 e. The van der Waals surface area contributed by atoms with Crippen LogP contribution in [0.2, 0.25) is 0 Å². The van der Waals surface area contributed by atoms with Crippen molar-refractivity contribution in [3.8, 4) is 0 Å². The van der Waals surface area contributed by atoms with Crippen LogP contribution >= 0.6 is 11.6 Å². The average Bonchev–Trinajstić information content (AvgIpc) is 2.81. The van der Waals surface area contributed by atoms with E-state index in [0.717, 1.165) is 12.4 Å². The van der Waals surface area contributed by atoms with Crippen LogP contribution in [0.25, 0.3) is 0 Å². The molecular weight excluding hydrogens is 354 g/mol. The van der Waals surface area contributed by atoms with Gasteiger partial charge in [-0.2, -0.15) is 5.10 Å². The molecular formula is C18H24ClN5O2. The largest absolute Gasteiger partial charge is 0.510 e. The lowest BCUT2D eigenvalue weighted by atomic mass is 10.1. The molecule has 0 radical (unpaired) electrons. The second kappa shape index (κ2) is 8.62. The lowest BCUT2D eigenvalue weighted by Gasteiger charge is -2.12. The third-order valence-corrected chi connectivity index (χ3v) is 4.27.